The Morgan fingerprint density at radius 1 is 0.556 bits per heavy atom. The number of hydrogen-bond acceptors (Lipinski definition) is 3. The number of fused-ring (bicyclic) bond motifs is 10. The van der Waals surface area contributed by atoms with E-state index in [1.54, 1.807) is 44.2 Å². The highest BCUT2D eigenvalue weighted by Gasteiger charge is 2.43. The summed E-state index contributed by atoms with van der Waals surface area (Å²) in [6, 6.07) is 29.7. The van der Waals surface area contributed by atoms with Crippen LogP contribution in [-0.4, -0.2) is 8.42 Å². The van der Waals surface area contributed by atoms with Crippen LogP contribution in [0.4, 0.5) is 26.3 Å². The van der Waals surface area contributed by atoms with E-state index < -0.39 is 33.3 Å². The van der Waals surface area contributed by atoms with Crippen LogP contribution in [0.5, 0.6) is 0 Å². The van der Waals surface area contributed by atoms with E-state index in [0.29, 0.717) is 55.0 Å². The first-order chi connectivity index (χ1) is 25.6. The van der Waals surface area contributed by atoms with E-state index in [2.05, 4.69) is 0 Å². The molecule has 0 fully saturated rings. The molecule has 54 heavy (non-hydrogen) atoms. The number of aryl methyl sites for hydroxylation is 2. The Labute approximate surface area is 308 Å². The molecular formula is C44H24F6O2S2. The zero-order valence-corrected chi connectivity index (χ0v) is 29.9. The molecule has 0 atom stereocenters. The van der Waals surface area contributed by atoms with Crippen LogP contribution >= 0.6 is 11.3 Å². The fraction of sp³-hybridized carbons (Fsp3) is 0.0909. The summed E-state index contributed by atoms with van der Waals surface area (Å²) in [5.41, 5.74) is 3.81. The van der Waals surface area contributed by atoms with E-state index in [9.17, 15) is 34.8 Å². The smallest absolute Gasteiger partial charge is 0.218 e. The van der Waals surface area contributed by atoms with E-state index in [4.69, 9.17) is 0 Å². The first kappa shape index (κ1) is 33.1. The second-order valence-corrected chi connectivity index (χ2v) is 17.0. The SMILES string of the molecule is Cc1cc(C2=c3cc4cc5c(cc4cc3C3=C2S(=O)(=O)c2ccccc23)=C(c2cc(C)cc(C(F)(F)F)c2)c2sc3ccccc3c2-5)cc(C(F)(F)F)c1. The van der Waals surface area contributed by atoms with Gasteiger partial charge in [0.15, 0.2) is 0 Å². The number of halogens is 6. The molecule has 1 aliphatic heterocycles. The Hall–Kier alpha value is -5.45. The summed E-state index contributed by atoms with van der Waals surface area (Å²) in [5.74, 6) is 0. The topological polar surface area (TPSA) is 34.1 Å². The van der Waals surface area contributed by atoms with Crippen molar-refractivity contribution in [2.75, 3.05) is 0 Å². The molecule has 3 aliphatic rings. The zero-order valence-electron chi connectivity index (χ0n) is 28.3. The first-order valence-corrected chi connectivity index (χ1v) is 19.3. The highest BCUT2D eigenvalue weighted by molar-refractivity contribution is 7.96. The molecule has 2 heterocycles. The molecule has 10 heteroatoms. The van der Waals surface area contributed by atoms with Crippen molar-refractivity contribution in [2.45, 2.75) is 31.1 Å². The summed E-state index contributed by atoms with van der Waals surface area (Å²) in [7, 11) is -4.13. The third kappa shape index (κ3) is 4.62. The first-order valence-electron chi connectivity index (χ1n) is 17.0. The second-order valence-electron chi connectivity index (χ2n) is 14.1. The number of sulfone groups is 1. The predicted molar refractivity (Wildman–Crippen MR) is 200 cm³/mol. The standard InChI is InChI=1S/C44H24F6O2S2/c1-21-11-25(15-27(13-21)43(45,46)47)37-31-17-23-20-34-32(18-24(23)19-33(31)39-29-7-3-5-9-35(29)53-41(37)39)38(26-12-22(2)14-28(16-26)44(48,49)50)42-40(34)30-8-4-6-10-36(30)54(42,51)52/h3-20H,1-2H3. The molecule has 0 amide bonds. The Balaban J connectivity index is 1.33. The number of hydrogen-bond donors (Lipinski definition) is 0. The van der Waals surface area contributed by atoms with Gasteiger partial charge in [-0.3, -0.25) is 0 Å². The van der Waals surface area contributed by atoms with Gasteiger partial charge in [-0.1, -0.05) is 48.5 Å². The molecule has 0 bridgehead atoms. The third-order valence-electron chi connectivity index (χ3n) is 10.6. The maximum Gasteiger partial charge on any atom is 0.416 e. The quantitative estimate of drug-likeness (QED) is 0.164. The van der Waals surface area contributed by atoms with Gasteiger partial charge < -0.3 is 0 Å². The van der Waals surface area contributed by atoms with Gasteiger partial charge in [0.1, 0.15) is 0 Å². The molecule has 0 radical (unpaired) electrons. The van der Waals surface area contributed by atoms with Gasteiger partial charge in [0.2, 0.25) is 9.84 Å². The molecule has 0 N–H and O–H groups in total. The van der Waals surface area contributed by atoms with E-state index in [0.717, 1.165) is 49.5 Å². The Bertz CT molecular complexity index is 3160. The van der Waals surface area contributed by atoms with Crippen LogP contribution in [0.25, 0.3) is 48.7 Å². The fourth-order valence-electron chi connectivity index (χ4n) is 8.47. The lowest BCUT2D eigenvalue weighted by atomic mass is 9.94. The van der Waals surface area contributed by atoms with Gasteiger partial charge in [-0.05, 0) is 129 Å². The van der Waals surface area contributed by atoms with Crippen LogP contribution in [0.15, 0.2) is 119 Å². The minimum atomic E-state index is -4.66. The van der Waals surface area contributed by atoms with Crippen LogP contribution in [0.3, 0.4) is 0 Å². The van der Waals surface area contributed by atoms with Crippen molar-refractivity contribution in [1.29, 1.82) is 0 Å². The average molecular weight is 763 g/mol. The van der Waals surface area contributed by atoms with Crippen molar-refractivity contribution < 1.29 is 34.8 Å². The van der Waals surface area contributed by atoms with Crippen LogP contribution in [0.1, 0.15) is 49.4 Å². The Kier molecular flexibility index (Phi) is 6.65. The number of thiophene rings is 1. The molecule has 0 unspecified atom stereocenters. The average Bonchev–Trinajstić information content (AvgIpc) is 3.80. The monoisotopic (exact) mass is 762 g/mol. The van der Waals surface area contributed by atoms with Gasteiger partial charge in [0.05, 0.1) is 20.9 Å². The summed E-state index contributed by atoms with van der Waals surface area (Å²) >= 11 is 1.51. The maximum absolute atomic E-state index is 14.3. The molecule has 266 valence electrons. The molecule has 10 rings (SSSR count). The minimum Gasteiger partial charge on any atom is -0.218 e. The van der Waals surface area contributed by atoms with Crippen LogP contribution in [0, 0.1) is 13.8 Å². The molecular weight excluding hydrogens is 739 g/mol. The van der Waals surface area contributed by atoms with Gasteiger partial charge in [-0.25, -0.2) is 8.42 Å². The van der Waals surface area contributed by atoms with Crippen LogP contribution < -0.4 is 10.4 Å². The zero-order chi connectivity index (χ0) is 37.6. The van der Waals surface area contributed by atoms with E-state index in [1.807, 2.05) is 48.5 Å². The van der Waals surface area contributed by atoms with E-state index >= 15 is 0 Å². The van der Waals surface area contributed by atoms with Crippen molar-refractivity contribution in [3.8, 4) is 11.1 Å². The molecule has 0 saturated carbocycles. The largest absolute Gasteiger partial charge is 0.416 e. The number of alkyl halides is 6. The van der Waals surface area contributed by atoms with Crippen molar-refractivity contribution in [2.24, 2.45) is 0 Å². The number of rotatable bonds is 2. The molecule has 6 aromatic carbocycles. The van der Waals surface area contributed by atoms with Crippen LogP contribution in [-0.2, 0) is 22.2 Å². The van der Waals surface area contributed by atoms with Gasteiger partial charge >= 0.3 is 12.4 Å². The van der Waals surface area contributed by atoms with Gasteiger partial charge in [-0.2, -0.15) is 26.3 Å². The Morgan fingerprint density at radius 3 is 1.76 bits per heavy atom. The Morgan fingerprint density at radius 2 is 1.11 bits per heavy atom. The highest BCUT2D eigenvalue weighted by atomic mass is 32.2. The summed E-state index contributed by atoms with van der Waals surface area (Å²) in [6.45, 7) is 3.19. The summed E-state index contributed by atoms with van der Waals surface area (Å²) in [4.78, 5) is 0.904. The highest BCUT2D eigenvalue weighted by Crippen LogP contribution is 2.51. The van der Waals surface area contributed by atoms with Gasteiger partial charge in [-0.15, -0.1) is 11.3 Å². The van der Waals surface area contributed by atoms with E-state index in [-0.39, 0.29) is 20.9 Å². The van der Waals surface area contributed by atoms with Gasteiger partial charge in [0.25, 0.3) is 0 Å². The lowest BCUT2D eigenvalue weighted by molar-refractivity contribution is -0.138. The molecule has 2 aliphatic carbocycles. The number of benzene rings is 6. The third-order valence-corrected chi connectivity index (χ3v) is 13.6. The number of allylic oxidation sites excluding steroid dienone is 1. The molecule has 0 spiro atoms. The molecule has 0 saturated heterocycles. The molecule has 1 aromatic heterocycles. The molecule has 7 aromatic rings. The fourth-order valence-corrected chi connectivity index (χ4v) is 11.7. The van der Waals surface area contributed by atoms with Gasteiger partial charge in [0, 0.05) is 42.8 Å². The van der Waals surface area contributed by atoms with Crippen molar-refractivity contribution in [3.05, 3.63) is 174 Å². The minimum absolute atomic E-state index is 0.0296. The van der Waals surface area contributed by atoms with Crippen molar-refractivity contribution >= 4 is 58.8 Å². The molecule has 2 nitrogen and oxygen atoms in total. The second kappa shape index (κ2) is 10.8. The lowest BCUT2D eigenvalue weighted by Crippen LogP contribution is -2.15. The lowest BCUT2D eigenvalue weighted by Gasteiger charge is -2.14. The van der Waals surface area contributed by atoms with E-state index in [1.165, 1.54) is 23.5 Å². The summed E-state index contributed by atoms with van der Waals surface area (Å²) < 4.78 is 115. The normalized spacial score (nSPS) is 15.6. The van der Waals surface area contributed by atoms with Crippen molar-refractivity contribution in [1.82, 2.24) is 0 Å². The summed E-state index contributed by atoms with van der Waals surface area (Å²) in [6.07, 6.45) is -9.21. The van der Waals surface area contributed by atoms with Crippen molar-refractivity contribution in [3.63, 3.8) is 0 Å². The summed E-state index contributed by atoms with van der Waals surface area (Å²) in [5, 5.41) is 3.62. The predicted octanol–water partition coefficient (Wildman–Crippen LogP) is 10.7. The van der Waals surface area contributed by atoms with Crippen LogP contribution in [0.2, 0.25) is 0 Å². The maximum atomic E-state index is 14.3.